The second-order valence-electron chi connectivity index (χ2n) is 8.34. The Kier molecular flexibility index (Phi) is 12.5. The van der Waals surface area contributed by atoms with Gasteiger partial charge in [0, 0.05) is 23.4 Å². The molecule has 1 unspecified atom stereocenters. The molecule has 2 aromatic rings. The summed E-state index contributed by atoms with van der Waals surface area (Å²) in [6.07, 6.45) is 8.69. The van der Waals surface area contributed by atoms with Crippen LogP contribution >= 0.6 is 0 Å². The summed E-state index contributed by atoms with van der Waals surface area (Å²) in [6, 6.07) is 4.48. The zero-order chi connectivity index (χ0) is 27.4. The lowest BCUT2D eigenvalue weighted by Gasteiger charge is -2.19. The summed E-state index contributed by atoms with van der Waals surface area (Å²) in [5, 5.41) is 6.48. The molecule has 0 radical (unpaired) electrons. The van der Waals surface area contributed by atoms with Gasteiger partial charge in [-0.2, -0.15) is 0 Å². The molecule has 1 aromatic heterocycles. The molecule has 2 N–H and O–H groups in total. The van der Waals surface area contributed by atoms with Crippen LogP contribution in [-0.4, -0.2) is 58.0 Å². The van der Waals surface area contributed by atoms with Crippen LogP contribution in [0.3, 0.4) is 0 Å². The number of ether oxygens (including phenoxy) is 1. The standard InChI is InChI=1S/C25H30F2N4O2.CH4O2S/c1-4-5-6-19(23(27)15-30-16(2)31-18-7-10-28-11-8-18)17-13-21-20(25(32)33-3)9-12-29-24(21)22(26)14-17;1-4(2)3/h6,9,12-15,18,28H,4-5,7-8,10-11H2,1-3H3,(H,30,31);1H3,(H,2,3)/p-1/b19-6+,23-15+;. The highest BCUT2D eigenvalue weighted by Crippen LogP contribution is 2.30. The third-order valence-corrected chi connectivity index (χ3v) is 5.50. The molecule has 1 saturated heterocycles. The molecule has 1 fully saturated rings. The average molecular weight is 536 g/mol. The van der Waals surface area contributed by atoms with Crippen LogP contribution in [-0.2, 0) is 15.8 Å². The molecule has 0 saturated carbocycles. The number of unbranched alkanes of at least 4 members (excludes halogenated alkanes) is 1. The number of amidine groups is 1. The number of methoxy groups -OCH3 is 1. The quantitative estimate of drug-likeness (QED) is 0.177. The first-order valence-electron chi connectivity index (χ1n) is 11.9. The first kappa shape index (κ1) is 30.2. The molecular weight excluding hydrogens is 502 g/mol. The van der Waals surface area contributed by atoms with Crippen molar-refractivity contribution in [2.24, 2.45) is 4.99 Å². The molecular formula is C26H33F2N4O4S-. The van der Waals surface area contributed by atoms with Crippen molar-refractivity contribution in [1.29, 1.82) is 0 Å². The molecule has 1 atom stereocenters. The van der Waals surface area contributed by atoms with Crippen LogP contribution in [0.1, 0.15) is 55.5 Å². The van der Waals surface area contributed by atoms with E-state index in [9.17, 15) is 9.18 Å². The van der Waals surface area contributed by atoms with Crippen molar-refractivity contribution in [2.75, 3.05) is 26.5 Å². The van der Waals surface area contributed by atoms with Crippen LogP contribution in [0.4, 0.5) is 8.78 Å². The predicted octanol–water partition coefficient (Wildman–Crippen LogP) is 4.41. The van der Waals surface area contributed by atoms with E-state index in [0.717, 1.165) is 38.6 Å². The average Bonchev–Trinajstić information content (AvgIpc) is 2.87. The molecule has 1 aliphatic rings. The molecule has 11 heteroatoms. The Balaban J connectivity index is 0.00000112. The SMILES string of the molecule is CCC/C=C(/C(F)=C\NC(C)=NC1CCNCC1)c1cc(F)c2nccc(C(=O)OC)c2c1.CS(=O)[O-]. The Bertz CT molecular complexity index is 1190. The number of fused-ring (bicyclic) bond motifs is 1. The predicted molar refractivity (Wildman–Crippen MR) is 142 cm³/mol. The van der Waals surface area contributed by atoms with Crippen LogP contribution in [0.5, 0.6) is 0 Å². The van der Waals surface area contributed by atoms with E-state index >= 15 is 4.39 Å². The van der Waals surface area contributed by atoms with Gasteiger partial charge in [-0.3, -0.25) is 14.2 Å². The number of aromatic nitrogens is 1. The van der Waals surface area contributed by atoms with Crippen molar-refractivity contribution >= 4 is 39.4 Å². The number of benzene rings is 1. The molecule has 202 valence electrons. The first-order valence-corrected chi connectivity index (χ1v) is 13.4. The molecule has 0 spiro atoms. The minimum Gasteiger partial charge on any atom is -0.773 e. The van der Waals surface area contributed by atoms with Gasteiger partial charge >= 0.3 is 5.97 Å². The van der Waals surface area contributed by atoms with E-state index < -0.39 is 28.7 Å². The van der Waals surface area contributed by atoms with E-state index in [1.54, 1.807) is 19.1 Å². The van der Waals surface area contributed by atoms with Crippen molar-refractivity contribution in [1.82, 2.24) is 15.6 Å². The largest absolute Gasteiger partial charge is 0.773 e. The Morgan fingerprint density at radius 1 is 1.38 bits per heavy atom. The number of carbonyl (C=O) groups excluding carboxylic acids is 1. The number of carbonyl (C=O) groups is 1. The highest BCUT2D eigenvalue weighted by molar-refractivity contribution is 7.78. The van der Waals surface area contributed by atoms with Crippen molar-refractivity contribution in [3.63, 3.8) is 0 Å². The highest BCUT2D eigenvalue weighted by atomic mass is 32.2. The topological polar surface area (TPSA) is 116 Å². The maximum atomic E-state index is 15.3. The van der Waals surface area contributed by atoms with E-state index in [-0.39, 0.29) is 28.1 Å². The van der Waals surface area contributed by atoms with Crippen LogP contribution in [0.2, 0.25) is 0 Å². The minimum atomic E-state index is -1.86. The first-order chi connectivity index (χ1) is 17.7. The highest BCUT2D eigenvalue weighted by Gasteiger charge is 2.18. The molecule has 1 aliphatic heterocycles. The van der Waals surface area contributed by atoms with Crippen molar-refractivity contribution < 1.29 is 27.1 Å². The second-order valence-corrected chi connectivity index (χ2v) is 9.15. The number of pyridine rings is 1. The molecule has 0 bridgehead atoms. The number of rotatable bonds is 7. The summed E-state index contributed by atoms with van der Waals surface area (Å²) in [4.78, 5) is 20.8. The van der Waals surface area contributed by atoms with Crippen LogP contribution in [0, 0.1) is 5.82 Å². The summed E-state index contributed by atoms with van der Waals surface area (Å²) in [7, 11) is 1.25. The molecule has 2 heterocycles. The summed E-state index contributed by atoms with van der Waals surface area (Å²) < 4.78 is 53.0. The third kappa shape index (κ3) is 9.42. The van der Waals surface area contributed by atoms with E-state index in [4.69, 9.17) is 13.5 Å². The molecule has 3 rings (SSSR count). The lowest BCUT2D eigenvalue weighted by atomic mass is 9.98. The van der Waals surface area contributed by atoms with Gasteiger partial charge in [-0.05, 0) is 69.3 Å². The zero-order valence-corrected chi connectivity index (χ0v) is 22.3. The van der Waals surface area contributed by atoms with Gasteiger partial charge in [0.05, 0.1) is 24.6 Å². The van der Waals surface area contributed by atoms with Gasteiger partial charge in [0.25, 0.3) is 0 Å². The molecule has 1 aromatic carbocycles. The normalized spacial score (nSPS) is 16.1. The van der Waals surface area contributed by atoms with Crippen molar-refractivity contribution in [3.8, 4) is 0 Å². The van der Waals surface area contributed by atoms with Gasteiger partial charge in [-0.1, -0.05) is 30.5 Å². The number of aliphatic imine (C=N–C) groups is 1. The van der Waals surface area contributed by atoms with Crippen LogP contribution < -0.4 is 10.6 Å². The van der Waals surface area contributed by atoms with Crippen LogP contribution in [0.25, 0.3) is 16.5 Å². The Morgan fingerprint density at radius 2 is 2.05 bits per heavy atom. The number of nitrogens with zero attached hydrogens (tertiary/aromatic N) is 2. The van der Waals surface area contributed by atoms with E-state index in [1.807, 2.05) is 6.92 Å². The number of nitrogens with one attached hydrogen (secondary N) is 2. The third-order valence-electron chi connectivity index (χ3n) is 5.50. The Morgan fingerprint density at radius 3 is 2.68 bits per heavy atom. The maximum absolute atomic E-state index is 15.3. The Hall–Kier alpha value is -3.02. The van der Waals surface area contributed by atoms with Gasteiger partial charge in [0.15, 0.2) is 0 Å². The summed E-state index contributed by atoms with van der Waals surface area (Å²) >= 11 is -1.86. The number of hydrogen-bond acceptors (Lipinski definition) is 7. The van der Waals surface area contributed by atoms with Gasteiger partial charge in [0.2, 0.25) is 0 Å². The summed E-state index contributed by atoms with van der Waals surface area (Å²) in [5.74, 6) is -1.18. The summed E-state index contributed by atoms with van der Waals surface area (Å²) in [5.41, 5.74) is 0.754. The molecule has 0 aliphatic carbocycles. The van der Waals surface area contributed by atoms with Gasteiger partial charge in [0.1, 0.15) is 17.2 Å². The fourth-order valence-electron chi connectivity index (χ4n) is 3.79. The fourth-order valence-corrected chi connectivity index (χ4v) is 3.79. The maximum Gasteiger partial charge on any atom is 0.338 e. The van der Waals surface area contributed by atoms with Gasteiger partial charge in [-0.25, -0.2) is 13.6 Å². The Labute approximate surface area is 218 Å². The van der Waals surface area contributed by atoms with E-state index in [2.05, 4.69) is 20.6 Å². The number of allylic oxidation sites excluding steroid dienone is 3. The van der Waals surface area contributed by atoms with Crippen LogP contribution in [0.15, 0.2) is 47.5 Å². The van der Waals surface area contributed by atoms with E-state index in [0.29, 0.717) is 17.8 Å². The number of piperidine rings is 1. The monoisotopic (exact) mass is 535 g/mol. The number of halogens is 2. The molecule has 37 heavy (non-hydrogen) atoms. The van der Waals surface area contributed by atoms with Gasteiger partial charge in [-0.15, -0.1) is 0 Å². The molecule has 8 nitrogen and oxygen atoms in total. The fraction of sp³-hybridized carbons (Fsp3) is 0.423. The summed E-state index contributed by atoms with van der Waals surface area (Å²) in [6.45, 7) is 5.62. The number of esters is 1. The number of hydrogen-bond donors (Lipinski definition) is 2. The van der Waals surface area contributed by atoms with Crippen molar-refractivity contribution in [3.05, 3.63) is 59.4 Å². The van der Waals surface area contributed by atoms with Crippen molar-refractivity contribution in [2.45, 2.75) is 45.6 Å². The second kappa shape index (κ2) is 15.3. The smallest absolute Gasteiger partial charge is 0.338 e. The lowest BCUT2D eigenvalue weighted by molar-refractivity contribution is 0.0603. The molecule has 0 amide bonds. The van der Waals surface area contributed by atoms with Gasteiger partial charge < -0.3 is 19.9 Å². The minimum absolute atomic E-state index is 0.0314. The van der Waals surface area contributed by atoms with E-state index in [1.165, 1.54) is 31.6 Å². The zero-order valence-electron chi connectivity index (χ0n) is 21.5. The lowest BCUT2D eigenvalue weighted by Crippen LogP contribution is -2.31.